The number of benzene rings is 1. The summed E-state index contributed by atoms with van der Waals surface area (Å²) >= 11 is 0. The molecule has 1 aromatic carbocycles. The fourth-order valence-electron chi connectivity index (χ4n) is 3.62. The van der Waals surface area contributed by atoms with E-state index in [1.807, 2.05) is 38.5 Å². The van der Waals surface area contributed by atoms with Gasteiger partial charge in [0.2, 0.25) is 0 Å². The molecule has 5 nitrogen and oxygen atoms in total. The lowest BCUT2D eigenvalue weighted by Gasteiger charge is -2.19. The van der Waals surface area contributed by atoms with Crippen molar-refractivity contribution >= 4 is 11.5 Å². The first-order chi connectivity index (χ1) is 15.2. The Balaban J connectivity index is 1.85. The number of pyridine rings is 2. The molecular weight excluding hydrogens is 401 g/mol. The van der Waals surface area contributed by atoms with Crippen molar-refractivity contribution in [2.75, 3.05) is 26.0 Å². The van der Waals surface area contributed by atoms with Crippen molar-refractivity contribution in [2.24, 2.45) is 5.41 Å². The number of halogens is 1. The Morgan fingerprint density at radius 2 is 1.75 bits per heavy atom. The van der Waals surface area contributed by atoms with E-state index in [0.717, 1.165) is 47.2 Å². The van der Waals surface area contributed by atoms with Crippen LogP contribution in [-0.4, -0.2) is 39.9 Å². The zero-order chi connectivity index (χ0) is 22.9. The number of nitrogens with zero attached hydrogens (tertiary/aromatic N) is 4. The van der Waals surface area contributed by atoms with Crippen LogP contribution in [0.25, 0.3) is 28.3 Å². The number of hydrogen-bond donors (Lipinski definition) is 1. The summed E-state index contributed by atoms with van der Waals surface area (Å²) in [4.78, 5) is 11.9. The molecule has 0 aliphatic heterocycles. The van der Waals surface area contributed by atoms with Gasteiger partial charge in [0.15, 0.2) is 0 Å². The van der Waals surface area contributed by atoms with E-state index in [1.54, 1.807) is 12.1 Å². The number of nitrogens with one attached hydrogen (secondary N) is 1. The highest BCUT2D eigenvalue weighted by molar-refractivity contribution is 5.81. The van der Waals surface area contributed by atoms with E-state index < -0.39 is 0 Å². The van der Waals surface area contributed by atoms with Gasteiger partial charge in [-0.15, -0.1) is 0 Å². The predicted molar refractivity (Wildman–Crippen MR) is 129 cm³/mol. The third-order valence-corrected chi connectivity index (χ3v) is 5.10. The van der Waals surface area contributed by atoms with Crippen molar-refractivity contribution in [3.8, 4) is 22.6 Å². The number of hydrogen-bond acceptors (Lipinski definition) is 4. The van der Waals surface area contributed by atoms with Gasteiger partial charge in [0.05, 0.1) is 17.1 Å². The smallest absolute Gasteiger partial charge is 0.138 e. The minimum Gasteiger partial charge on any atom is -0.370 e. The van der Waals surface area contributed by atoms with Crippen molar-refractivity contribution in [3.05, 3.63) is 72.2 Å². The molecule has 166 valence electrons. The van der Waals surface area contributed by atoms with Gasteiger partial charge in [-0.2, -0.15) is 0 Å². The van der Waals surface area contributed by atoms with Crippen molar-refractivity contribution in [2.45, 2.75) is 27.3 Å². The minimum atomic E-state index is -0.265. The average molecular weight is 432 g/mol. The van der Waals surface area contributed by atoms with Crippen LogP contribution in [0.3, 0.4) is 0 Å². The van der Waals surface area contributed by atoms with Crippen LogP contribution in [0.2, 0.25) is 0 Å². The Morgan fingerprint density at radius 1 is 1.00 bits per heavy atom. The van der Waals surface area contributed by atoms with Gasteiger partial charge >= 0.3 is 0 Å². The van der Waals surface area contributed by atoms with E-state index >= 15 is 0 Å². The number of anilines is 1. The van der Waals surface area contributed by atoms with Gasteiger partial charge in [-0.1, -0.05) is 26.8 Å². The van der Waals surface area contributed by atoms with Crippen LogP contribution in [0.4, 0.5) is 10.2 Å². The number of imidazole rings is 1. The van der Waals surface area contributed by atoms with Gasteiger partial charge in [-0.25, -0.2) is 14.4 Å². The van der Waals surface area contributed by atoms with Crippen LogP contribution in [0.5, 0.6) is 0 Å². The summed E-state index contributed by atoms with van der Waals surface area (Å²) in [6.07, 6.45) is 2.04. The topological polar surface area (TPSA) is 45.5 Å². The van der Waals surface area contributed by atoms with Crippen LogP contribution in [0, 0.1) is 11.2 Å². The third kappa shape index (κ3) is 4.97. The second-order valence-corrected chi connectivity index (χ2v) is 9.64. The predicted octanol–water partition coefficient (Wildman–Crippen LogP) is 5.72. The summed E-state index contributed by atoms with van der Waals surface area (Å²) in [7, 11) is 4.09. The molecule has 6 heteroatoms. The largest absolute Gasteiger partial charge is 0.370 e. The van der Waals surface area contributed by atoms with E-state index in [0.29, 0.717) is 0 Å². The lowest BCUT2D eigenvalue weighted by Crippen LogP contribution is -2.19. The molecule has 0 amide bonds. The van der Waals surface area contributed by atoms with Gasteiger partial charge in [0, 0.05) is 24.8 Å². The molecule has 0 saturated heterocycles. The van der Waals surface area contributed by atoms with Gasteiger partial charge in [0.25, 0.3) is 0 Å². The first-order valence-electron chi connectivity index (χ1n) is 10.8. The summed E-state index contributed by atoms with van der Waals surface area (Å²) in [5, 5.41) is 3.44. The minimum absolute atomic E-state index is 0.142. The van der Waals surface area contributed by atoms with E-state index in [2.05, 4.69) is 47.5 Å². The molecule has 0 aliphatic carbocycles. The molecule has 0 unspecified atom stereocenters. The molecule has 1 N–H and O–H groups in total. The van der Waals surface area contributed by atoms with Crippen LogP contribution < -0.4 is 5.32 Å². The second-order valence-electron chi connectivity index (χ2n) is 9.64. The molecule has 4 rings (SSSR count). The van der Waals surface area contributed by atoms with E-state index in [1.165, 1.54) is 17.7 Å². The second kappa shape index (κ2) is 8.71. The summed E-state index contributed by atoms with van der Waals surface area (Å²) in [6, 6.07) is 16.6. The Labute approximate surface area is 188 Å². The third-order valence-electron chi connectivity index (χ3n) is 5.10. The zero-order valence-electron chi connectivity index (χ0n) is 19.4. The lowest BCUT2D eigenvalue weighted by atomic mass is 9.97. The van der Waals surface area contributed by atoms with Gasteiger partial charge in [-0.3, -0.25) is 4.40 Å². The highest BCUT2D eigenvalue weighted by atomic mass is 19.1. The molecule has 0 atom stereocenters. The SMILES string of the molecule is CN(C)Cc1ccn2c(-c3cccc(NCC(C)(C)C)n3)c(-c3ccc(F)cc3)nc2c1. The van der Waals surface area contributed by atoms with E-state index in [9.17, 15) is 4.39 Å². The van der Waals surface area contributed by atoms with Gasteiger partial charge < -0.3 is 10.2 Å². The maximum atomic E-state index is 13.6. The molecule has 3 aromatic heterocycles. The van der Waals surface area contributed by atoms with Crippen LogP contribution in [0.15, 0.2) is 60.8 Å². The molecule has 0 bridgehead atoms. The number of fused-ring (bicyclic) bond motifs is 1. The van der Waals surface area contributed by atoms with Crippen molar-refractivity contribution in [3.63, 3.8) is 0 Å². The normalized spacial score (nSPS) is 12.0. The maximum Gasteiger partial charge on any atom is 0.138 e. The van der Waals surface area contributed by atoms with Gasteiger partial charge in [0.1, 0.15) is 17.3 Å². The summed E-state index contributed by atoms with van der Waals surface area (Å²) in [6.45, 7) is 8.20. The van der Waals surface area contributed by atoms with Crippen LogP contribution in [-0.2, 0) is 6.54 Å². The molecule has 3 heterocycles. The number of aromatic nitrogens is 3. The summed E-state index contributed by atoms with van der Waals surface area (Å²) in [5.74, 6) is 0.556. The molecule has 0 spiro atoms. The van der Waals surface area contributed by atoms with Crippen LogP contribution in [0.1, 0.15) is 26.3 Å². The summed E-state index contributed by atoms with van der Waals surface area (Å²) < 4.78 is 15.7. The lowest BCUT2D eigenvalue weighted by molar-refractivity contribution is 0.402. The van der Waals surface area contributed by atoms with Gasteiger partial charge in [-0.05, 0) is 73.6 Å². The van der Waals surface area contributed by atoms with Crippen molar-refractivity contribution in [1.82, 2.24) is 19.3 Å². The van der Waals surface area contributed by atoms with Crippen LogP contribution >= 0.6 is 0 Å². The molecule has 4 aromatic rings. The summed E-state index contributed by atoms with van der Waals surface area (Å²) in [5.41, 5.74) is 5.51. The standard InChI is InChI=1S/C26H30FN5/c1-26(2,3)17-28-22-8-6-7-21(29-22)25-24(19-9-11-20(27)12-10-19)30-23-15-18(16-31(4)5)13-14-32(23)25/h6-15H,16-17H2,1-5H3,(H,28,29). The quantitative estimate of drug-likeness (QED) is 0.424. The molecule has 32 heavy (non-hydrogen) atoms. The molecule has 0 fully saturated rings. The fourth-order valence-corrected chi connectivity index (χ4v) is 3.62. The Hall–Kier alpha value is -3.25. The number of rotatable bonds is 6. The first-order valence-corrected chi connectivity index (χ1v) is 10.8. The fraction of sp³-hybridized carbons (Fsp3) is 0.308. The Morgan fingerprint density at radius 3 is 2.44 bits per heavy atom. The maximum absolute atomic E-state index is 13.6. The van der Waals surface area contributed by atoms with E-state index in [4.69, 9.17) is 9.97 Å². The average Bonchev–Trinajstić information content (AvgIpc) is 3.11. The molecule has 0 aliphatic rings. The Bertz CT molecular complexity index is 1220. The first kappa shape index (κ1) is 22.0. The van der Waals surface area contributed by atoms with Crippen molar-refractivity contribution < 1.29 is 4.39 Å². The molecule has 0 radical (unpaired) electrons. The Kier molecular flexibility index (Phi) is 5.98. The molecular formula is C26H30FN5. The highest BCUT2D eigenvalue weighted by Gasteiger charge is 2.18. The highest BCUT2D eigenvalue weighted by Crippen LogP contribution is 2.33. The zero-order valence-corrected chi connectivity index (χ0v) is 19.4. The van der Waals surface area contributed by atoms with Crippen molar-refractivity contribution in [1.29, 1.82) is 0 Å². The van der Waals surface area contributed by atoms with E-state index in [-0.39, 0.29) is 11.2 Å². The monoisotopic (exact) mass is 431 g/mol. The molecule has 0 saturated carbocycles.